The molecule has 2 aliphatic rings. The van der Waals surface area contributed by atoms with Crippen molar-refractivity contribution in [2.75, 3.05) is 33.2 Å². The minimum Gasteiger partial charge on any atom is -0.352 e. The van der Waals surface area contributed by atoms with Gasteiger partial charge in [-0.1, -0.05) is 0 Å². The molecule has 5 nitrogen and oxygen atoms in total. The van der Waals surface area contributed by atoms with Crippen LogP contribution in [0, 0.1) is 5.82 Å². The van der Waals surface area contributed by atoms with E-state index in [4.69, 9.17) is 0 Å². The molecule has 0 bridgehead atoms. The topological polar surface area (TPSA) is 52.6 Å². The average Bonchev–Trinajstić information content (AvgIpc) is 2.67. The molecule has 0 aromatic heterocycles. The lowest BCUT2D eigenvalue weighted by atomic mass is 9.98. The largest absolute Gasteiger partial charge is 0.352 e. The van der Waals surface area contributed by atoms with Gasteiger partial charge in [-0.05, 0) is 76.6 Å². The van der Waals surface area contributed by atoms with Crippen LogP contribution in [0.4, 0.5) is 4.39 Å². The van der Waals surface area contributed by atoms with Crippen LogP contribution in [0.3, 0.4) is 0 Å². The van der Waals surface area contributed by atoms with Gasteiger partial charge in [0.15, 0.2) is 5.78 Å². The number of Topliss-reactive ketones (excluding diaryl/α,β-unsaturated/α-hetero) is 1. The number of halogens is 1. The molecular weight excluding hydrogens is 345 g/mol. The van der Waals surface area contributed by atoms with Gasteiger partial charge in [0, 0.05) is 37.0 Å². The molecule has 27 heavy (non-hydrogen) atoms. The third kappa shape index (κ3) is 5.84. The summed E-state index contributed by atoms with van der Waals surface area (Å²) in [6.45, 7) is 4.31. The number of rotatable bonds is 6. The fraction of sp³-hybridized carbons (Fsp3) is 0.619. The Morgan fingerprint density at radius 2 is 1.78 bits per heavy atom. The smallest absolute Gasteiger partial charge is 0.220 e. The highest BCUT2D eigenvalue weighted by Gasteiger charge is 2.28. The number of nitrogens with zero attached hydrogens (tertiary/aromatic N) is 2. The zero-order chi connectivity index (χ0) is 19.2. The third-order valence-corrected chi connectivity index (χ3v) is 5.77. The zero-order valence-electron chi connectivity index (χ0n) is 16.1. The number of carbonyl (C=O) groups is 2. The van der Waals surface area contributed by atoms with Crippen LogP contribution in [0.15, 0.2) is 24.3 Å². The van der Waals surface area contributed by atoms with Gasteiger partial charge in [-0.2, -0.15) is 0 Å². The summed E-state index contributed by atoms with van der Waals surface area (Å²) in [4.78, 5) is 29.3. The first-order valence-electron chi connectivity index (χ1n) is 10.0. The van der Waals surface area contributed by atoms with E-state index in [1.54, 1.807) is 0 Å². The Labute approximate surface area is 160 Å². The number of hydrogen-bond donors (Lipinski definition) is 1. The maximum absolute atomic E-state index is 12.9. The minimum atomic E-state index is -0.365. The van der Waals surface area contributed by atoms with Crippen molar-refractivity contribution in [2.24, 2.45) is 0 Å². The SMILES string of the molecule is CN1CCC(N2CCCC(NC(=O)CCC(=O)c3ccc(F)cc3)C2)CC1. The van der Waals surface area contributed by atoms with Gasteiger partial charge in [0.2, 0.25) is 5.91 Å². The van der Waals surface area contributed by atoms with E-state index in [1.807, 2.05) is 0 Å². The maximum atomic E-state index is 12.9. The van der Waals surface area contributed by atoms with E-state index in [0.717, 1.165) is 39.0 Å². The lowest BCUT2D eigenvalue weighted by Crippen LogP contribution is -2.53. The summed E-state index contributed by atoms with van der Waals surface area (Å²) in [5.74, 6) is -0.557. The van der Waals surface area contributed by atoms with Crippen molar-refractivity contribution in [3.63, 3.8) is 0 Å². The van der Waals surface area contributed by atoms with Crippen LogP contribution >= 0.6 is 0 Å². The molecule has 3 rings (SSSR count). The molecule has 1 amide bonds. The molecular formula is C21H30FN3O2. The van der Waals surface area contributed by atoms with E-state index >= 15 is 0 Å². The number of likely N-dealkylation sites (tertiary alicyclic amines) is 2. The van der Waals surface area contributed by atoms with Gasteiger partial charge < -0.3 is 10.2 Å². The van der Waals surface area contributed by atoms with Gasteiger partial charge in [-0.15, -0.1) is 0 Å². The Balaban J connectivity index is 1.42. The molecule has 1 atom stereocenters. The first kappa shape index (κ1) is 20.0. The Morgan fingerprint density at radius 1 is 1.07 bits per heavy atom. The molecule has 148 valence electrons. The van der Waals surface area contributed by atoms with Crippen LogP contribution in [0.2, 0.25) is 0 Å². The summed E-state index contributed by atoms with van der Waals surface area (Å²) in [7, 11) is 2.17. The van der Waals surface area contributed by atoms with Gasteiger partial charge >= 0.3 is 0 Å². The Morgan fingerprint density at radius 3 is 2.48 bits per heavy atom. The first-order valence-corrected chi connectivity index (χ1v) is 10.0. The lowest BCUT2D eigenvalue weighted by Gasteiger charge is -2.41. The van der Waals surface area contributed by atoms with Crippen LogP contribution in [-0.4, -0.2) is 66.8 Å². The normalized spacial score (nSPS) is 22.5. The summed E-state index contributed by atoms with van der Waals surface area (Å²) in [5, 5.41) is 3.11. The number of nitrogens with one attached hydrogen (secondary N) is 1. The number of benzene rings is 1. The van der Waals surface area contributed by atoms with E-state index < -0.39 is 0 Å². The van der Waals surface area contributed by atoms with Crippen LogP contribution in [-0.2, 0) is 4.79 Å². The number of amides is 1. The van der Waals surface area contributed by atoms with Crippen molar-refractivity contribution in [3.8, 4) is 0 Å². The molecule has 1 unspecified atom stereocenters. The second-order valence-corrected chi connectivity index (χ2v) is 7.87. The zero-order valence-corrected chi connectivity index (χ0v) is 16.1. The Bertz CT molecular complexity index is 641. The number of hydrogen-bond acceptors (Lipinski definition) is 4. The molecule has 1 aromatic carbocycles. The Kier molecular flexibility index (Phi) is 6.96. The van der Waals surface area contributed by atoms with E-state index in [1.165, 1.54) is 37.1 Å². The van der Waals surface area contributed by atoms with E-state index in [9.17, 15) is 14.0 Å². The quantitative estimate of drug-likeness (QED) is 0.776. The molecule has 2 aliphatic heterocycles. The van der Waals surface area contributed by atoms with Crippen molar-refractivity contribution >= 4 is 11.7 Å². The molecule has 2 fully saturated rings. The standard InChI is InChI=1S/C21H30FN3O2/c1-24-13-10-19(11-14-24)25-12-2-3-18(15-25)23-21(27)9-8-20(26)16-4-6-17(22)7-5-16/h4-7,18-19H,2-3,8-15H2,1H3,(H,23,27). The van der Waals surface area contributed by atoms with Crippen LogP contribution in [0.1, 0.15) is 48.9 Å². The van der Waals surface area contributed by atoms with Crippen LogP contribution < -0.4 is 5.32 Å². The van der Waals surface area contributed by atoms with E-state index in [-0.39, 0.29) is 36.4 Å². The molecule has 2 heterocycles. The molecule has 0 radical (unpaired) electrons. The second-order valence-electron chi connectivity index (χ2n) is 7.87. The molecule has 1 aromatic rings. The molecule has 0 spiro atoms. The maximum Gasteiger partial charge on any atom is 0.220 e. The summed E-state index contributed by atoms with van der Waals surface area (Å²) < 4.78 is 12.9. The van der Waals surface area contributed by atoms with Gasteiger partial charge in [-0.3, -0.25) is 14.5 Å². The molecule has 1 N–H and O–H groups in total. The number of carbonyl (C=O) groups excluding carboxylic acids is 2. The monoisotopic (exact) mass is 375 g/mol. The van der Waals surface area contributed by atoms with Crippen molar-refractivity contribution in [1.29, 1.82) is 0 Å². The van der Waals surface area contributed by atoms with Crippen molar-refractivity contribution in [1.82, 2.24) is 15.1 Å². The van der Waals surface area contributed by atoms with Gasteiger partial charge in [0.05, 0.1) is 0 Å². The van der Waals surface area contributed by atoms with Crippen molar-refractivity contribution in [2.45, 2.75) is 50.6 Å². The molecule has 0 aliphatic carbocycles. The average molecular weight is 375 g/mol. The number of piperidine rings is 2. The van der Waals surface area contributed by atoms with Crippen molar-refractivity contribution in [3.05, 3.63) is 35.6 Å². The fourth-order valence-corrected chi connectivity index (χ4v) is 4.12. The second kappa shape index (κ2) is 9.42. The van der Waals surface area contributed by atoms with E-state index in [2.05, 4.69) is 22.2 Å². The summed E-state index contributed by atoms with van der Waals surface area (Å²) in [5.41, 5.74) is 0.454. The summed E-state index contributed by atoms with van der Waals surface area (Å²) in [6, 6.07) is 6.28. The summed E-state index contributed by atoms with van der Waals surface area (Å²) >= 11 is 0. The third-order valence-electron chi connectivity index (χ3n) is 5.77. The summed E-state index contributed by atoms with van der Waals surface area (Å²) in [6.07, 6.45) is 4.84. The Hall–Kier alpha value is -1.79. The lowest BCUT2D eigenvalue weighted by molar-refractivity contribution is -0.122. The molecule has 6 heteroatoms. The van der Waals surface area contributed by atoms with Gasteiger partial charge in [0.25, 0.3) is 0 Å². The highest BCUT2D eigenvalue weighted by molar-refractivity contribution is 5.97. The predicted octanol–water partition coefficient (Wildman–Crippen LogP) is 2.46. The predicted molar refractivity (Wildman–Crippen MR) is 103 cm³/mol. The molecule has 2 saturated heterocycles. The fourth-order valence-electron chi connectivity index (χ4n) is 4.12. The van der Waals surface area contributed by atoms with Crippen LogP contribution in [0.5, 0.6) is 0 Å². The van der Waals surface area contributed by atoms with Gasteiger partial charge in [-0.25, -0.2) is 4.39 Å². The van der Waals surface area contributed by atoms with Crippen LogP contribution in [0.25, 0.3) is 0 Å². The highest BCUT2D eigenvalue weighted by Crippen LogP contribution is 2.20. The first-order chi connectivity index (χ1) is 13.0. The van der Waals surface area contributed by atoms with Crippen molar-refractivity contribution < 1.29 is 14.0 Å². The highest BCUT2D eigenvalue weighted by atomic mass is 19.1. The van der Waals surface area contributed by atoms with Gasteiger partial charge in [0.1, 0.15) is 5.82 Å². The minimum absolute atomic E-state index is 0.0688. The van der Waals surface area contributed by atoms with E-state index in [0.29, 0.717) is 11.6 Å². The number of ketones is 1. The molecule has 0 saturated carbocycles.